The second kappa shape index (κ2) is 3.14. The molecule has 0 saturated heterocycles. The molecule has 1 heterocycles. The number of aryl methyl sites for hydroxylation is 2. The fourth-order valence-electron chi connectivity index (χ4n) is 1.31. The molecule has 0 aliphatic heterocycles. The second-order valence-electron chi connectivity index (χ2n) is 3.28. The zero-order valence-corrected chi connectivity index (χ0v) is 8.11. The molecule has 4 heteroatoms. The number of anilines is 1. The molecule has 2 rings (SSSR count). The van der Waals surface area contributed by atoms with Crippen LogP contribution < -0.4 is 5.73 Å². The molecule has 1 aromatic heterocycles. The predicted octanol–water partition coefficient (Wildman–Crippen LogP) is 1.94. The minimum absolute atomic E-state index is 0.168. The van der Waals surface area contributed by atoms with Gasteiger partial charge in [0.15, 0.2) is 0 Å². The molecule has 4 nitrogen and oxygen atoms in total. The number of rotatable bonds is 1. The van der Waals surface area contributed by atoms with Gasteiger partial charge >= 0.3 is 0 Å². The van der Waals surface area contributed by atoms with Crippen molar-refractivity contribution in [2.45, 2.75) is 13.8 Å². The zero-order valence-electron chi connectivity index (χ0n) is 8.11. The van der Waals surface area contributed by atoms with Gasteiger partial charge in [0, 0.05) is 5.56 Å². The zero-order chi connectivity index (χ0) is 10.1. The third kappa shape index (κ3) is 1.46. The fraction of sp³-hybridized carbons (Fsp3) is 0.200. The summed E-state index contributed by atoms with van der Waals surface area (Å²) in [6.45, 7) is 4.01. The Bertz CT molecular complexity index is 462. The SMILES string of the molecule is Cc1ccc(C)c(-c2nc(N)no2)c1. The summed E-state index contributed by atoms with van der Waals surface area (Å²) in [4.78, 5) is 3.98. The lowest BCUT2D eigenvalue weighted by molar-refractivity contribution is 0.433. The lowest BCUT2D eigenvalue weighted by atomic mass is 10.1. The highest BCUT2D eigenvalue weighted by Crippen LogP contribution is 2.22. The molecule has 0 radical (unpaired) electrons. The van der Waals surface area contributed by atoms with Crippen molar-refractivity contribution in [3.8, 4) is 11.5 Å². The normalized spacial score (nSPS) is 10.4. The number of benzene rings is 1. The molecule has 0 spiro atoms. The summed E-state index contributed by atoms with van der Waals surface area (Å²) in [5, 5.41) is 3.56. The Morgan fingerprint density at radius 1 is 1.29 bits per heavy atom. The quantitative estimate of drug-likeness (QED) is 0.744. The van der Waals surface area contributed by atoms with Crippen molar-refractivity contribution < 1.29 is 4.52 Å². The summed E-state index contributed by atoms with van der Waals surface area (Å²) in [6, 6.07) is 6.06. The Morgan fingerprint density at radius 3 is 2.71 bits per heavy atom. The lowest BCUT2D eigenvalue weighted by Gasteiger charge is -2.00. The Labute approximate surface area is 81.7 Å². The smallest absolute Gasteiger partial charge is 0.261 e. The van der Waals surface area contributed by atoms with E-state index in [2.05, 4.69) is 10.1 Å². The standard InChI is InChI=1S/C10H11N3O/c1-6-3-4-7(2)8(5-6)9-12-10(11)13-14-9/h3-5H,1-2H3,(H2,11,13). The van der Waals surface area contributed by atoms with Crippen molar-refractivity contribution >= 4 is 5.95 Å². The highest BCUT2D eigenvalue weighted by atomic mass is 16.5. The van der Waals surface area contributed by atoms with E-state index in [1.165, 1.54) is 0 Å². The van der Waals surface area contributed by atoms with Gasteiger partial charge < -0.3 is 10.3 Å². The van der Waals surface area contributed by atoms with Gasteiger partial charge in [-0.25, -0.2) is 0 Å². The first-order chi connectivity index (χ1) is 6.66. The van der Waals surface area contributed by atoms with E-state index < -0.39 is 0 Å². The van der Waals surface area contributed by atoms with Crippen molar-refractivity contribution in [1.82, 2.24) is 10.1 Å². The number of nitrogens with zero attached hydrogens (tertiary/aromatic N) is 2. The van der Waals surface area contributed by atoms with Crippen LogP contribution in [0.2, 0.25) is 0 Å². The van der Waals surface area contributed by atoms with Crippen LogP contribution in [-0.2, 0) is 0 Å². The van der Waals surface area contributed by atoms with Crippen molar-refractivity contribution in [3.63, 3.8) is 0 Å². The predicted molar refractivity (Wildman–Crippen MR) is 53.6 cm³/mol. The molecule has 0 aliphatic carbocycles. The van der Waals surface area contributed by atoms with Gasteiger partial charge in [0.1, 0.15) is 0 Å². The van der Waals surface area contributed by atoms with Crippen molar-refractivity contribution in [3.05, 3.63) is 29.3 Å². The van der Waals surface area contributed by atoms with Gasteiger partial charge in [-0.3, -0.25) is 0 Å². The average Bonchev–Trinajstić information content (AvgIpc) is 2.56. The number of hydrogen-bond acceptors (Lipinski definition) is 4. The van der Waals surface area contributed by atoms with E-state index in [1.807, 2.05) is 32.0 Å². The lowest BCUT2D eigenvalue weighted by Crippen LogP contribution is -1.87. The molecule has 0 saturated carbocycles. The minimum Gasteiger partial charge on any atom is -0.365 e. The van der Waals surface area contributed by atoms with E-state index in [4.69, 9.17) is 10.3 Å². The number of hydrogen-bond donors (Lipinski definition) is 1. The topological polar surface area (TPSA) is 64.9 Å². The molecule has 2 aromatic rings. The Kier molecular flexibility index (Phi) is 1.96. The molecule has 2 N–H and O–H groups in total. The first kappa shape index (κ1) is 8.74. The summed E-state index contributed by atoms with van der Waals surface area (Å²) in [5.41, 5.74) is 8.58. The van der Waals surface area contributed by atoms with Gasteiger partial charge in [0.2, 0.25) is 0 Å². The molecule has 0 atom stereocenters. The largest absolute Gasteiger partial charge is 0.365 e. The van der Waals surface area contributed by atoms with Crippen LogP contribution in [0.5, 0.6) is 0 Å². The number of aromatic nitrogens is 2. The molecule has 1 aromatic carbocycles. The third-order valence-electron chi connectivity index (χ3n) is 2.07. The maximum atomic E-state index is 5.39. The summed E-state index contributed by atoms with van der Waals surface area (Å²) in [7, 11) is 0. The van der Waals surface area contributed by atoms with Crippen LogP contribution in [0, 0.1) is 13.8 Å². The second-order valence-corrected chi connectivity index (χ2v) is 3.28. The van der Waals surface area contributed by atoms with Gasteiger partial charge in [-0.1, -0.05) is 17.7 Å². The summed E-state index contributed by atoms with van der Waals surface area (Å²) >= 11 is 0. The maximum Gasteiger partial charge on any atom is 0.261 e. The minimum atomic E-state index is 0.168. The molecule has 0 amide bonds. The van der Waals surface area contributed by atoms with Crippen LogP contribution in [0.25, 0.3) is 11.5 Å². The molecular weight excluding hydrogens is 178 g/mol. The molecule has 0 unspecified atom stereocenters. The van der Waals surface area contributed by atoms with Crippen LogP contribution in [0.3, 0.4) is 0 Å². The van der Waals surface area contributed by atoms with E-state index in [9.17, 15) is 0 Å². The van der Waals surface area contributed by atoms with Crippen LogP contribution >= 0.6 is 0 Å². The summed E-state index contributed by atoms with van der Waals surface area (Å²) in [5.74, 6) is 0.643. The highest BCUT2D eigenvalue weighted by Gasteiger charge is 2.09. The van der Waals surface area contributed by atoms with Crippen LogP contribution in [-0.4, -0.2) is 10.1 Å². The summed E-state index contributed by atoms with van der Waals surface area (Å²) < 4.78 is 5.00. The number of nitrogens with two attached hydrogens (primary N) is 1. The monoisotopic (exact) mass is 189 g/mol. The average molecular weight is 189 g/mol. The van der Waals surface area contributed by atoms with Crippen molar-refractivity contribution in [2.24, 2.45) is 0 Å². The van der Waals surface area contributed by atoms with Crippen LogP contribution in [0.15, 0.2) is 22.7 Å². The van der Waals surface area contributed by atoms with Crippen LogP contribution in [0.4, 0.5) is 5.95 Å². The Morgan fingerprint density at radius 2 is 2.07 bits per heavy atom. The van der Waals surface area contributed by atoms with Gasteiger partial charge in [0.25, 0.3) is 11.8 Å². The van der Waals surface area contributed by atoms with E-state index in [0.717, 1.165) is 16.7 Å². The van der Waals surface area contributed by atoms with E-state index in [1.54, 1.807) is 0 Å². The molecular formula is C10H11N3O. The highest BCUT2D eigenvalue weighted by molar-refractivity contribution is 5.59. The molecule has 14 heavy (non-hydrogen) atoms. The molecule has 0 fully saturated rings. The van der Waals surface area contributed by atoms with E-state index in [-0.39, 0.29) is 5.95 Å². The molecule has 72 valence electrons. The van der Waals surface area contributed by atoms with Gasteiger partial charge in [0.05, 0.1) is 0 Å². The van der Waals surface area contributed by atoms with Crippen molar-refractivity contribution in [2.75, 3.05) is 5.73 Å². The molecule has 0 bridgehead atoms. The Hall–Kier alpha value is -1.84. The summed E-state index contributed by atoms with van der Waals surface area (Å²) in [6.07, 6.45) is 0. The van der Waals surface area contributed by atoms with E-state index in [0.29, 0.717) is 5.89 Å². The van der Waals surface area contributed by atoms with Gasteiger partial charge in [-0.15, -0.1) is 0 Å². The third-order valence-corrected chi connectivity index (χ3v) is 2.07. The van der Waals surface area contributed by atoms with Gasteiger partial charge in [-0.05, 0) is 30.6 Å². The van der Waals surface area contributed by atoms with E-state index >= 15 is 0 Å². The van der Waals surface area contributed by atoms with Crippen molar-refractivity contribution in [1.29, 1.82) is 0 Å². The molecule has 0 aliphatic rings. The van der Waals surface area contributed by atoms with Gasteiger partial charge in [-0.2, -0.15) is 4.98 Å². The maximum absolute atomic E-state index is 5.39. The fourth-order valence-corrected chi connectivity index (χ4v) is 1.31. The van der Waals surface area contributed by atoms with Crippen LogP contribution in [0.1, 0.15) is 11.1 Å². The number of nitrogen functional groups attached to an aromatic ring is 1. The first-order valence-electron chi connectivity index (χ1n) is 4.33. The first-order valence-corrected chi connectivity index (χ1v) is 4.33. The Balaban J connectivity index is 2.55.